The molecule has 0 radical (unpaired) electrons. The van der Waals surface area contributed by atoms with Gasteiger partial charge in [-0.15, -0.1) is 0 Å². The lowest BCUT2D eigenvalue weighted by Crippen LogP contribution is -2.46. The van der Waals surface area contributed by atoms with Crippen LogP contribution in [0.1, 0.15) is 33.1 Å². The second-order valence-corrected chi connectivity index (χ2v) is 5.29. The molecule has 1 aliphatic rings. The molecule has 1 aromatic rings. The normalized spacial score (nSPS) is 27.3. The summed E-state index contributed by atoms with van der Waals surface area (Å²) in [7, 11) is 0. The third-order valence-electron chi connectivity index (χ3n) is 3.71. The summed E-state index contributed by atoms with van der Waals surface area (Å²) >= 11 is 0. The molecule has 0 aromatic heterocycles. The van der Waals surface area contributed by atoms with E-state index in [1.54, 1.807) is 0 Å². The van der Waals surface area contributed by atoms with Crippen LogP contribution in [-0.2, 0) is 0 Å². The third kappa shape index (κ3) is 3.44. The lowest BCUT2D eigenvalue weighted by molar-refractivity contribution is 0.0870. The van der Waals surface area contributed by atoms with Gasteiger partial charge >= 0.3 is 0 Å². The Hall–Kier alpha value is -1.16. The van der Waals surface area contributed by atoms with Gasteiger partial charge in [-0.1, -0.05) is 19.9 Å². The van der Waals surface area contributed by atoms with Gasteiger partial charge in [0.25, 0.3) is 0 Å². The van der Waals surface area contributed by atoms with Gasteiger partial charge in [0.2, 0.25) is 5.82 Å². The molecule has 1 fully saturated rings. The highest BCUT2D eigenvalue weighted by Gasteiger charge is 2.30. The van der Waals surface area contributed by atoms with E-state index in [-0.39, 0.29) is 17.9 Å². The maximum Gasteiger partial charge on any atom is 0.200 e. The summed E-state index contributed by atoms with van der Waals surface area (Å²) in [5.74, 6) is -1.18. The summed E-state index contributed by atoms with van der Waals surface area (Å²) in [6.45, 7) is 5.06. The molecule has 3 unspecified atom stereocenters. The van der Waals surface area contributed by atoms with Crippen molar-refractivity contribution in [3.8, 4) is 5.75 Å². The lowest BCUT2D eigenvalue weighted by Gasteiger charge is -2.35. The van der Waals surface area contributed by atoms with Gasteiger partial charge in [-0.2, -0.15) is 4.39 Å². The fraction of sp³-hybridized carbons (Fsp3) is 0.600. The van der Waals surface area contributed by atoms with E-state index in [4.69, 9.17) is 4.74 Å². The zero-order valence-electron chi connectivity index (χ0n) is 11.5. The van der Waals surface area contributed by atoms with Gasteiger partial charge in [-0.05, 0) is 43.9 Å². The Labute approximate surface area is 113 Å². The quantitative estimate of drug-likeness (QED) is 0.903. The predicted molar refractivity (Wildman–Crippen MR) is 71.3 cm³/mol. The Balaban J connectivity index is 2.11. The van der Waals surface area contributed by atoms with Crippen LogP contribution < -0.4 is 10.1 Å². The van der Waals surface area contributed by atoms with Crippen molar-refractivity contribution in [2.75, 3.05) is 6.54 Å². The average Bonchev–Trinajstić information content (AvgIpc) is 2.38. The minimum Gasteiger partial charge on any atom is -0.486 e. The van der Waals surface area contributed by atoms with E-state index in [0.717, 1.165) is 31.9 Å². The molecule has 1 saturated carbocycles. The first-order valence-electron chi connectivity index (χ1n) is 6.95. The van der Waals surface area contributed by atoms with Gasteiger partial charge in [0.05, 0.1) is 0 Å². The van der Waals surface area contributed by atoms with Crippen LogP contribution in [0.5, 0.6) is 5.75 Å². The Morgan fingerprint density at radius 1 is 1.32 bits per heavy atom. The molecule has 0 bridgehead atoms. The van der Waals surface area contributed by atoms with Crippen LogP contribution in [0.2, 0.25) is 0 Å². The molecule has 1 aliphatic carbocycles. The molecule has 0 amide bonds. The van der Waals surface area contributed by atoms with E-state index in [1.165, 1.54) is 12.1 Å². The summed E-state index contributed by atoms with van der Waals surface area (Å²) in [6.07, 6.45) is 2.92. The Kier molecular flexibility index (Phi) is 4.75. The van der Waals surface area contributed by atoms with E-state index >= 15 is 0 Å². The van der Waals surface area contributed by atoms with Crippen molar-refractivity contribution < 1.29 is 13.5 Å². The summed E-state index contributed by atoms with van der Waals surface area (Å²) in [6, 6.07) is 4.28. The van der Waals surface area contributed by atoms with Crippen molar-refractivity contribution in [2.24, 2.45) is 5.92 Å². The number of hydrogen-bond acceptors (Lipinski definition) is 2. The van der Waals surface area contributed by atoms with Crippen molar-refractivity contribution in [1.29, 1.82) is 0 Å². The molecule has 1 aromatic carbocycles. The highest BCUT2D eigenvalue weighted by Crippen LogP contribution is 2.29. The van der Waals surface area contributed by atoms with Crippen LogP contribution in [0, 0.1) is 17.6 Å². The number of nitrogens with one attached hydrogen (secondary N) is 1. The summed E-state index contributed by atoms with van der Waals surface area (Å²) in [5.41, 5.74) is 0. The minimum atomic E-state index is -0.893. The summed E-state index contributed by atoms with van der Waals surface area (Å²) in [4.78, 5) is 0. The topological polar surface area (TPSA) is 21.3 Å². The average molecular weight is 269 g/mol. The predicted octanol–water partition coefficient (Wildman–Crippen LogP) is 3.51. The second-order valence-electron chi connectivity index (χ2n) is 5.29. The lowest BCUT2D eigenvalue weighted by atomic mass is 9.85. The molecule has 0 spiro atoms. The monoisotopic (exact) mass is 269 g/mol. The molecule has 0 saturated heterocycles. The van der Waals surface area contributed by atoms with Gasteiger partial charge < -0.3 is 10.1 Å². The first-order chi connectivity index (χ1) is 9.11. The highest BCUT2D eigenvalue weighted by atomic mass is 19.2. The van der Waals surface area contributed by atoms with Crippen molar-refractivity contribution in [3.05, 3.63) is 29.8 Å². The Morgan fingerprint density at radius 3 is 2.84 bits per heavy atom. The van der Waals surface area contributed by atoms with Crippen LogP contribution >= 0.6 is 0 Å². The zero-order valence-corrected chi connectivity index (χ0v) is 11.5. The van der Waals surface area contributed by atoms with Crippen LogP contribution in [-0.4, -0.2) is 18.7 Å². The molecule has 106 valence electrons. The molecule has 19 heavy (non-hydrogen) atoms. The summed E-state index contributed by atoms with van der Waals surface area (Å²) in [5, 5.41) is 3.37. The Bertz CT molecular complexity index is 425. The van der Waals surface area contributed by atoms with Crippen molar-refractivity contribution in [2.45, 2.75) is 45.3 Å². The highest BCUT2D eigenvalue weighted by molar-refractivity contribution is 5.25. The molecule has 2 rings (SSSR count). The number of hydrogen-bond donors (Lipinski definition) is 1. The number of likely N-dealkylation sites (N-methyl/N-ethyl adjacent to an activating group) is 1. The molecule has 0 heterocycles. The second kappa shape index (κ2) is 6.33. The van der Waals surface area contributed by atoms with Crippen LogP contribution in [0.3, 0.4) is 0 Å². The minimum absolute atomic E-state index is 0.0157. The number of benzene rings is 1. The van der Waals surface area contributed by atoms with E-state index in [0.29, 0.717) is 5.92 Å². The van der Waals surface area contributed by atoms with Gasteiger partial charge in [0, 0.05) is 6.04 Å². The van der Waals surface area contributed by atoms with Crippen molar-refractivity contribution >= 4 is 0 Å². The van der Waals surface area contributed by atoms with Gasteiger partial charge in [0.1, 0.15) is 6.10 Å². The summed E-state index contributed by atoms with van der Waals surface area (Å²) < 4.78 is 32.6. The van der Waals surface area contributed by atoms with Crippen LogP contribution in [0.4, 0.5) is 8.78 Å². The first kappa shape index (κ1) is 14.3. The van der Waals surface area contributed by atoms with E-state index in [1.807, 2.05) is 6.92 Å². The number of halogens is 2. The Morgan fingerprint density at radius 2 is 2.11 bits per heavy atom. The number of rotatable bonds is 4. The smallest absolute Gasteiger partial charge is 0.200 e. The molecular weight excluding hydrogens is 248 g/mol. The SMILES string of the molecule is CCNC1CCC(C)CC1Oc1cccc(F)c1F. The largest absolute Gasteiger partial charge is 0.486 e. The number of ether oxygens (including phenoxy) is 1. The molecular formula is C15H21F2NO. The van der Waals surface area contributed by atoms with Gasteiger partial charge in [-0.3, -0.25) is 0 Å². The maximum atomic E-state index is 13.6. The van der Waals surface area contributed by atoms with Gasteiger partial charge in [0.15, 0.2) is 11.6 Å². The molecule has 4 heteroatoms. The molecule has 2 nitrogen and oxygen atoms in total. The fourth-order valence-electron chi connectivity index (χ4n) is 2.69. The third-order valence-corrected chi connectivity index (χ3v) is 3.71. The molecule has 1 N–H and O–H groups in total. The van der Waals surface area contributed by atoms with E-state index in [2.05, 4.69) is 12.2 Å². The molecule has 3 atom stereocenters. The standard InChI is InChI=1S/C15H21F2NO/c1-3-18-12-8-7-10(2)9-14(12)19-13-6-4-5-11(16)15(13)17/h4-6,10,12,14,18H,3,7-9H2,1-2H3. The van der Waals surface area contributed by atoms with E-state index in [9.17, 15) is 8.78 Å². The van der Waals surface area contributed by atoms with Crippen molar-refractivity contribution in [1.82, 2.24) is 5.32 Å². The molecule has 0 aliphatic heterocycles. The first-order valence-corrected chi connectivity index (χ1v) is 6.95. The van der Waals surface area contributed by atoms with Crippen LogP contribution in [0.15, 0.2) is 18.2 Å². The van der Waals surface area contributed by atoms with Gasteiger partial charge in [-0.25, -0.2) is 4.39 Å². The maximum absolute atomic E-state index is 13.6. The fourth-order valence-corrected chi connectivity index (χ4v) is 2.69. The zero-order chi connectivity index (χ0) is 13.8. The van der Waals surface area contributed by atoms with Crippen molar-refractivity contribution in [3.63, 3.8) is 0 Å². The van der Waals surface area contributed by atoms with E-state index < -0.39 is 11.6 Å². The van der Waals surface area contributed by atoms with Crippen LogP contribution in [0.25, 0.3) is 0 Å².